The number of halogens is 1. The summed E-state index contributed by atoms with van der Waals surface area (Å²) in [6, 6.07) is 17.0. The summed E-state index contributed by atoms with van der Waals surface area (Å²) in [6.45, 7) is 0. The van der Waals surface area contributed by atoms with Gasteiger partial charge >= 0.3 is 0 Å². The molecule has 0 aliphatic heterocycles. The number of benzene rings is 2. The topological polar surface area (TPSA) is 64.9 Å². The van der Waals surface area contributed by atoms with E-state index in [0.717, 1.165) is 11.1 Å². The average Bonchev–Trinajstić information content (AvgIpc) is 2.98. The van der Waals surface area contributed by atoms with Crippen LogP contribution in [0.15, 0.2) is 59.1 Å². The largest absolute Gasteiger partial charge is 0.337 e. The number of hydrogen-bond acceptors (Lipinski definition) is 4. The van der Waals surface area contributed by atoms with Gasteiger partial charge in [-0.05, 0) is 24.1 Å². The van der Waals surface area contributed by atoms with Gasteiger partial charge in [0, 0.05) is 5.56 Å². The lowest BCUT2D eigenvalue weighted by molar-refractivity contribution is 0.354. The van der Waals surface area contributed by atoms with Gasteiger partial charge in [0.15, 0.2) is 0 Å². The number of aromatic nitrogens is 2. The predicted octanol–water partition coefficient (Wildman–Crippen LogP) is 3.63. The molecule has 0 aliphatic rings. The Kier molecular flexibility index (Phi) is 3.99. The molecule has 106 valence electrons. The number of hydrogen-bond donors (Lipinski definition) is 1. The molecule has 0 bridgehead atoms. The molecule has 3 aromatic rings. The Hall–Kier alpha value is -2.17. The summed E-state index contributed by atoms with van der Waals surface area (Å²) in [6.07, 6.45) is 0.644. The molecule has 21 heavy (non-hydrogen) atoms. The van der Waals surface area contributed by atoms with E-state index >= 15 is 0 Å². The van der Waals surface area contributed by atoms with E-state index in [1.165, 1.54) is 0 Å². The molecular weight excluding hydrogens is 286 g/mol. The first-order chi connectivity index (χ1) is 10.2. The lowest BCUT2D eigenvalue weighted by Gasteiger charge is -2.06. The van der Waals surface area contributed by atoms with Crippen molar-refractivity contribution in [2.45, 2.75) is 12.5 Å². The summed E-state index contributed by atoms with van der Waals surface area (Å²) in [7, 11) is 0. The van der Waals surface area contributed by atoms with Crippen LogP contribution in [0.2, 0.25) is 5.02 Å². The summed E-state index contributed by atoms with van der Waals surface area (Å²) < 4.78 is 5.26. The summed E-state index contributed by atoms with van der Waals surface area (Å²) in [5.41, 5.74) is 7.99. The van der Waals surface area contributed by atoms with Gasteiger partial charge in [0.25, 0.3) is 0 Å². The van der Waals surface area contributed by atoms with Crippen molar-refractivity contribution in [3.05, 3.63) is 71.1 Å². The zero-order valence-corrected chi connectivity index (χ0v) is 12.0. The molecule has 0 radical (unpaired) electrons. The van der Waals surface area contributed by atoms with E-state index < -0.39 is 0 Å². The highest BCUT2D eigenvalue weighted by Crippen LogP contribution is 2.26. The molecule has 1 heterocycles. The molecule has 2 aromatic carbocycles. The maximum absolute atomic E-state index is 6.13. The van der Waals surface area contributed by atoms with Gasteiger partial charge in [-0.3, -0.25) is 0 Å². The maximum atomic E-state index is 6.13. The van der Waals surface area contributed by atoms with E-state index in [4.69, 9.17) is 21.9 Å². The fourth-order valence-corrected chi connectivity index (χ4v) is 2.31. The Bertz CT molecular complexity index is 727. The van der Waals surface area contributed by atoms with Gasteiger partial charge in [-0.2, -0.15) is 4.98 Å². The van der Waals surface area contributed by atoms with Gasteiger partial charge < -0.3 is 10.3 Å². The van der Waals surface area contributed by atoms with Gasteiger partial charge in [0.1, 0.15) is 0 Å². The third-order valence-corrected chi connectivity index (χ3v) is 3.50. The second-order valence-electron chi connectivity index (χ2n) is 4.73. The lowest BCUT2D eigenvalue weighted by Crippen LogP contribution is -2.13. The molecule has 2 N–H and O–H groups in total. The maximum Gasteiger partial charge on any atom is 0.244 e. The van der Waals surface area contributed by atoms with Crippen molar-refractivity contribution in [3.8, 4) is 11.4 Å². The van der Waals surface area contributed by atoms with E-state index in [0.29, 0.717) is 23.2 Å². The minimum Gasteiger partial charge on any atom is -0.337 e. The van der Waals surface area contributed by atoms with Crippen molar-refractivity contribution >= 4 is 11.6 Å². The van der Waals surface area contributed by atoms with Gasteiger partial charge in [-0.25, -0.2) is 0 Å². The van der Waals surface area contributed by atoms with Gasteiger partial charge in [-0.1, -0.05) is 59.2 Å². The number of nitrogens with two attached hydrogens (primary N) is 1. The first kappa shape index (κ1) is 13.8. The molecule has 0 amide bonds. The van der Waals surface area contributed by atoms with Crippen LogP contribution in [0.1, 0.15) is 17.5 Å². The monoisotopic (exact) mass is 299 g/mol. The van der Waals surface area contributed by atoms with E-state index in [1.54, 1.807) is 6.07 Å². The van der Waals surface area contributed by atoms with Crippen molar-refractivity contribution in [3.63, 3.8) is 0 Å². The molecule has 1 unspecified atom stereocenters. The highest BCUT2D eigenvalue weighted by atomic mass is 35.5. The normalized spacial score (nSPS) is 12.3. The van der Waals surface area contributed by atoms with Crippen molar-refractivity contribution in [2.24, 2.45) is 5.73 Å². The van der Waals surface area contributed by atoms with Crippen molar-refractivity contribution < 1.29 is 4.52 Å². The van der Waals surface area contributed by atoms with Crippen LogP contribution in [0.3, 0.4) is 0 Å². The highest BCUT2D eigenvalue weighted by Gasteiger charge is 2.17. The van der Waals surface area contributed by atoms with E-state index in [1.807, 2.05) is 48.5 Å². The van der Waals surface area contributed by atoms with Crippen LogP contribution in [0.5, 0.6) is 0 Å². The molecule has 1 atom stereocenters. The fourth-order valence-electron chi connectivity index (χ4n) is 2.09. The molecule has 5 heteroatoms. The third-order valence-electron chi connectivity index (χ3n) is 3.17. The predicted molar refractivity (Wildman–Crippen MR) is 81.8 cm³/mol. The molecule has 3 rings (SSSR count). The Morgan fingerprint density at radius 3 is 2.52 bits per heavy atom. The molecule has 0 fully saturated rings. The van der Waals surface area contributed by atoms with Gasteiger partial charge in [-0.15, -0.1) is 0 Å². The minimum absolute atomic E-state index is 0.337. The van der Waals surface area contributed by atoms with Crippen LogP contribution >= 0.6 is 11.6 Å². The van der Waals surface area contributed by atoms with Crippen LogP contribution in [-0.4, -0.2) is 10.1 Å². The molecule has 0 aliphatic carbocycles. The van der Waals surface area contributed by atoms with Gasteiger partial charge in [0.2, 0.25) is 11.7 Å². The van der Waals surface area contributed by atoms with E-state index in [-0.39, 0.29) is 6.04 Å². The van der Waals surface area contributed by atoms with Crippen LogP contribution in [0, 0.1) is 0 Å². The van der Waals surface area contributed by atoms with Crippen LogP contribution in [-0.2, 0) is 6.42 Å². The van der Waals surface area contributed by atoms with Crippen LogP contribution in [0.4, 0.5) is 0 Å². The number of rotatable bonds is 4. The van der Waals surface area contributed by atoms with Crippen LogP contribution < -0.4 is 5.73 Å². The van der Waals surface area contributed by atoms with Gasteiger partial charge in [0.05, 0.1) is 11.1 Å². The van der Waals surface area contributed by atoms with Crippen molar-refractivity contribution in [1.29, 1.82) is 0 Å². The minimum atomic E-state index is -0.337. The fraction of sp³-hybridized carbons (Fsp3) is 0.125. The van der Waals surface area contributed by atoms with Crippen molar-refractivity contribution in [2.75, 3.05) is 0 Å². The van der Waals surface area contributed by atoms with E-state index in [2.05, 4.69) is 10.1 Å². The highest BCUT2D eigenvalue weighted by molar-refractivity contribution is 6.33. The molecule has 0 spiro atoms. The smallest absolute Gasteiger partial charge is 0.244 e. The summed E-state index contributed by atoms with van der Waals surface area (Å²) >= 11 is 6.12. The standard InChI is InChI=1S/C16H14ClN3O/c17-13-9-5-4-8-12(13)15-19-16(21-20-15)14(18)10-11-6-2-1-3-7-11/h1-9,14H,10,18H2. The zero-order chi connectivity index (χ0) is 14.7. The SMILES string of the molecule is NC(Cc1ccccc1)c1nc(-c2ccccc2Cl)no1. The summed E-state index contributed by atoms with van der Waals surface area (Å²) in [5, 5.41) is 4.54. The second kappa shape index (κ2) is 6.08. The molecule has 1 aromatic heterocycles. The first-order valence-corrected chi connectivity index (χ1v) is 7.00. The Morgan fingerprint density at radius 1 is 1.05 bits per heavy atom. The Balaban J connectivity index is 1.80. The third kappa shape index (κ3) is 3.12. The van der Waals surface area contributed by atoms with E-state index in [9.17, 15) is 0 Å². The lowest BCUT2D eigenvalue weighted by atomic mass is 10.1. The quantitative estimate of drug-likeness (QED) is 0.799. The summed E-state index contributed by atoms with van der Waals surface area (Å²) in [4.78, 5) is 4.35. The zero-order valence-electron chi connectivity index (χ0n) is 11.2. The molecule has 0 saturated carbocycles. The Labute approximate surface area is 127 Å². The summed E-state index contributed by atoms with van der Waals surface area (Å²) in [5.74, 6) is 0.868. The number of nitrogens with zero attached hydrogens (tertiary/aromatic N) is 2. The van der Waals surface area contributed by atoms with Crippen molar-refractivity contribution in [1.82, 2.24) is 10.1 Å². The Morgan fingerprint density at radius 2 is 1.76 bits per heavy atom. The average molecular weight is 300 g/mol. The first-order valence-electron chi connectivity index (χ1n) is 6.62. The van der Waals surface area contributed by atoms with Crippen LogP contribution in [0.25, 0.3) is 11.4 Å². The molecular formula is C16H14ClN3O. The molecule has 0 saturated heterocycles. The molecule has 4 nitrogen and oxygen atoms in total. The second-order valence-corrected chi connectivity index (χ2v) is 5.14.